The Kier molecular flexibility index (Phi) is 6.60. The van der Waals surface area contributed by atoms with Crippen LogP contribution in [0.15, 0.2) is 47.6 Å². The summed E-state index contributed by atoms with van der Waals surface area (Å²) in [7, 11) is 0. The van der Waals surface area contributed by atoms with E-state index in [4.69, 9.17) is 4.74 Å². The maximum atomic E-state index is 12.2. The highest BCUT2D eigenvalue weighted by Gasteiger charge is 2.08. The molecule has 0 spiro atoms. The molecule has 0 unspecified atom stereocenters. The number of phenolic OH excluding ortho intramolecular Hbond substituents is 2. The second-order valence-corrected chi connectivity index (χ2v) is 6.39. The first kappa shape index (κ1) is 19.3. The molecule has 0 aliphatic heterocycles. The maximum absolute atomic E-state index is 12.2. The van der Waals surface area contributed by atoms with Gasteiger partial charge in [0.25, 0.3) is 5.91 Å². The molecule has 6 heteroatoms. The van der Waals surface area contributed by atoms with Gasteiger partial charge in [0.15, 0.2) is 0 Å². The van der Waals surface area contributed by atoms with Crippen LogP contribution in [0.25, 0.3) is 0 Å². The van der Waals surface area contributed by atoms with E-state index in [1.807, 2.05) is 0 Å². The fourth-order valence-electron chi connectivity index (χ4n) is 2.19. The Balaban J connectivity index is 1.97. The zero-order chi connectivity index (χ0) is 19.1. The van der Waals surface area contributed by atoms with Crippen LogP contribution < -0.4 is 10.2 Å². The highest BCUT2D eigenvalue weighted by atomic mass is 16.5. The van der Waals surface area contributed by atoms with Gasteiger partial charge in [0.2, 0.25) is 0 Å². The lowest BCUT2D eigenvalue weighted by molar-refractivity contribution is 0.0954. The number of ether oxygens (including phenoxy) is 1. The molecule has 0 bridgehead atoms. The number of nitrogens with zero attached hydrogens (tertiary/aromatic N) is 1. The molecular weight excluding hydrogens is 332 g/mol. The smallest absolute Gasteiger partial charge is 0.271 e. The summed E-state index contributed by atoms with van der Waals surface area (Å²) in [5.74, 6) is 0.893. The van der Waals surface area contributed by atoms with Crippen LogP contribution in [0.5, 0.6) is 17.2 Å². The number of hydrazone groups is 1. The third kappa shape index (κ3) is 5.51. The molecule has 1 amide bonds. The van der Waals surface area contributed by atoms with Crippen LogP contribution in [0, 0.1) is 5.92 Å². The topological polar surface area (TPSA) is 91.2 Å². The van der Waals surface area contributed by atoms with Crippen molar-refractivity contribution in [2.75, 3.05) is 6.61 Å². The summed E-state index contributed by atoms with van der Waals surface area (Å²) < 4.78 is 5.62. The van der Waals surface area contributed by atoms with Gasteiger partial charge >= 0.3 is 0 Å². The number of benzene rings is 2. The normalized spacial score (nSPS) is 11.5. The Morgan fingerprint density at radius 3 is 2.50 bits per heavy atom. The summed E-state index contributed by atoms with van der Waals surface area (Å²) in [5.41, 5.74) is 3.60. The van der Waals surface area contributed by atoms with E-state index in [1.165, 1.54) is 18.2 Å². The van der Waals surface area contributed by atoms with Gasteiger partial charge in [-0.3, -0.25) is 4.79 Å². The zero-order valence-electron chi connectivity index (χ0n) is 15.2. The van der Waals surface area contributed by atoms with Gasteiger partial charge in [-0.25, -0.2) is 5.43 Å². The largest absolute Gasteiger partial charge is 0.508 e. The van der Waals surface area contributed by atoms with E-state index in [1.54, 1.807) is 31.2 Å². The predicted octanol–water partition coefficient (Wildman–Crippen LogP) is 3.68. The van der Waals surface area contributed by atoms with Gasteiger partial charge in [0.05, 0.1) is 12.3 Å². The van der Waals surface area contributed by atoms with Crippen molar-refractivity contribution in [3.8, 4) is 17.2 Å². The third-order valence-corrected chi connectivity index (χ3v) is 3.78. The summed E-state index contributed by atoms with van der Waals surface area (Å²) in [6.07, 6.45) is 0.970. The summed E-state index contributed by atoms with van der Waals surface area (Å²) in [6, 6.07) is 10.9. The van der Waals surface area contributed by atoms with Gasteiger partial charge in [-0.1, -0.05) is 13.8 Å². The van der Waals surface area contributed by atoms with Crippen molar-refractivity contribution in [1.82, 2.24) is 5.43 Å². The van der Waals surface area contributed by atoms with E-state index < -0.39 is 0 Å². The standard InChI is InChI=1S/C20H24N2O4/c1-13(2)10-11-26-17-7-4-15(5-8-17)20(25)22-21-14(3)18-12-16(23)6-9-19(18)24/h4-9,12-13,23-24H,10-11H2,1-3H3,(H,22,25)/b21-14-. The lowest BCUT2D eigenvalue weighted by Gasteiger charge is -2.09. The predicted molar refractivity (Wildman–Crippen MR) is 101 cm³/mol. The molecule has 0 heterocycles. The average molecular weight is 356 g/mol. The monoisotopic (exact) mass is 356 g/mol. The molecule has 2 aromatic carbocycles. The number of hydrogen-bond donors (Lipinski definition) is 3. The Morgan fingerprint density at radius 2 is 1.85 bits per heavy atom. The minimum absolute atomic E-state index is 0.00623. The second-order valence-electron chi connectivity index (χ2n) is 6.39. The van der Waals surface area contributed by atoms with Crippen LogP contribution in [0.4, 0.5) is 0 Å². The van der Waals surface area contributed by atoms with Gasteiger partial charge in [0, 0.05) is 11.1 Å². The van der Waals surface area contributed by atoms with E-state index in [0.717, 1.165) is 6.42 Å². The van der Waals surface area contributed by atoms with Gasteiger partial charge in [0.1, 0.15) is 17.2 Å². The van der Waals surface area contributed by atoms with Crippen LogP contribution in [-0.4, -0.2) is 28.4 Å². The number of carbonyl (C=O) groups is 1. The number of phenols is 2. The number of hydrogen-bond acceptors (Lipinski definition) is 5. The minimum Gasteiger partial charge on any atom is -0.508 e. The molecule has 138 valence electrons. The highest BCUT2D eigenvalue weighted by molar-refractivity contribution is 6.02. The zero-order valence-corrected chi connectivity index (χ0v) is 15.2. The number of carbonyl (C=O) groups excluding carboxylic acids is 1. The molecule has 0 aliphatic rings. The molecular formula is C20H24N2O4. The van der Waals surface area contributed by atoms with Crippen molar-refractivity contribution in [3.63, 3.8) is 0 Å². The van der Waals surface area contributed by atoms with Crippen molar-refractivity contribution in [2.45, 2.75) is 27.2 Å². The van der Waals surface area contributed by atoms with E-state index >= 15 is 0 Å². The molecule has 0 saturated heterocycles. The average Bonchev–Trinajstić information content (AvgIpc) is 2.61. The SMILES string of the molecule is C/C(=N/NC(=O)c1ccc(OCCC(C)C)cc1)c1cc(O)ccc1O. The van der Waals surface area contributed by atoms with Gasteiger partial charge in [-0.15, -0.1) is 0 Å². The summed E-state index contributed by atoms with van der Waals surface area (Å²) >= 11 is 0. The van der Waals surface area contributed by atoms with Crippen molar-refractivity contribution < 1.29 is 19.7 Å². The van der Waals surface area contributed by atoms with E-state index in [2.05, 4.69) is 24.4 Å². The first-order valence-corrected chi connectivity index (χ1v) is 8.46. The molecule has 2 rings (SSSR count). The molecule has 0 radical (unpaired) electrons. The maximum Gasteiger partial charge on any atom is 0.271 e. The van der Waals surface area contributed by atoms with Gasteiger partial charge < -0.3 is 14.9 Å². The Bertz CT molecular complexity index is 783. The van der Waals surface area contributed by atoms with Crippen molar-refractivity contribution in [3.05, 3.63) is 53.6 Å². The van der Waals surface area contributed by atoms with E-state index in [-0.39, 0.29) is 17.4 Å². The van der Waals surface area contributed by atoms with Crippen LogP contribution in [-0.2, 0) is 0 Å². The molecule has 0 saturated carbocycles. The van der Waals surface area contributed by atoms with Gasteiger partial charge in [-0.2, -0.15) is 5.10 Å². The fraction of sp³-hybridized carbons (Fsp3) is 0.300. The molecule has 0 fully saturated rings. The summed E-state index contributed by atoms with van der Waals surface area (Å²) in [6.45, 7) is 6.53. The number of amides is 1. The van der Waals surface area contributed by atoms with Crippen molar-refractivity contribution in [1.29, 1.82) is 0 Å². The van der Waals surface area contributed by atoms with E-state index in [9.17, 15) is 15.0 Å². The minimum atomic E-state index is -0.377. The molecule has 3 N–H and O–H groups in total. The Labute approximate surface area is 153 Å². The van der Waals surface area contributed by atoms with Crippen molar-refractivity contribution >= 4 is 11.6 Å². The Hall–Kier alpha value is -3.02. The second kappa shape index (κ2) is 8.89. The van der Waals surface area contributed by atoms with Crippen molar-refractivity contribution in [2.24, 2.45) is 11.0 Å². The van der Waals surface area contributed by atoms with Gasteiger partial charge in [-0.05, 0) is 61.7 Å². The molecule has 6 nitrogen and oxygen atoms in total. The first-order valence-electron chi connectivity index (χ1n) is 8.46. The van der Waals surface area contributed by atoms with E-state index in [0.29, 0.717) is 35.1 Å². The first-order chi connectivity index (χ1) is 12.4. The lowest BCUT2D eigenvalue weighted by atomic mass is 10.1. The summed E-state index contributed by atoms with van der Waals surface area (Å²) in [5, 5.41) is 23.3. The molecule has 0 aliphatic carbocycles. The molecule has 0 aromatic heterocycles. The van der Waals surface area contributed by atoms with Crippen LogP contribution in [0.1, 0.15) is 43.1 Å². The Morgan fingerprint density at radius 1 is 1.15 bits per heavy atom. The molecule has 26 heavy (non-hydrogen) atoms. The quantitative estimate of drug-likeness (QED) is 0.401. The lowest BCUT2D eigenvalue weighted by Crippen LogP contribution is -2.19. The number of nitrogens with one attached hydrogen (secondary N) is 1. The van der Waals surface area contributed by atoms with Crippen LogP contribution in [0.2, 0.25) is 0 Å². The third-order valence-electron chi connectivity index (χ3n) is 3.78. The van der Waals surface area contributed by atoms with Crippen LogP contribution >= 0.6 is 0 Å². The highest BCUT2D eigenvalue weighted by Crippen LogP contribution is 2.22. The fourth-order valence-corrected chi connectivity index (χ4v) is 2.19. The number of rotatable bonds is 7. The summed E-state index contributed by atoms with van der Waals surface area (Å²) in [4.78, 5) is 12.2. The molecule has 0 atom stereocenters. The molecule has 2 aromatic rings. The number of aromatic hydroxyl groups is 2. The van der Waals surface area contributed by atoms with Crippen LogP contribution in [0.3, 0.4) is 0 Å².